The van der Waals surface area contributed by atoms with Crippen LogP contribution in [0.2, 0.25) is 0 Å². The van der Waals surface area contributed by atoms with Crippen molar-refractivity contribution < 1.29 is 25.1 Å². The lowest BCUT2D eigenvalue weighted by Crippen LogP contribution is -2.76. The number of aryl methyl sites for hydroxylation is 2. The minimum atomic E-state index is -1.20. The van der Waals surface area contributed by atoms with Crippen molar-refractivity contribution in [1.82, 2.24) is 4.57 Å². The van der Waals surface area contributed by atoms with E-state index in [9.17, 15) is 19.8 Å². The standard InChI is InChI=1S/C14H14N2O5/c1-7-3-4-8-9(5-7)16(2)14(21)11(12(8)19)13(20)15-6-10(17)18/h3-5,19H,6H2,1-2H3,(H,15,20)(H,17,18)/p+1. The third-order valence-corrected chi connectivity index (χ3v) is 3.17. The monoisotopic (exact) mass is 291 g/mol. The summed E-state index contributed by atoms with van der Waals surface area (Å²) in [7, 11) is 1.51. The molecule has 0 atom stereocenters. The number of carboxylic acid groups (broad SMARTS) is 1. The number of nitrogens with zero attached hydrogens (tertiary/aromatic N) is 1. The van der Waals surface area contributed by atoms with E-state index < -0.39 is 24.0 Å². The van der Waals surface area contributed by atoms with Crippen LogP contribution in [0, 0.1) is 6.92 Å². The summed E-state index contributed by atoms with van der Waals surface area (Å²) in [6.07, 6.45) is 0. The van der Waals surface area contributed by atoms with E-state index in [1.54, 1.807) is 18.2 Å². The average Bonchev–Trinajstić information content (AvgIpc) is 2.42. The molecule has 0 unspecified atom stereocenters. The largest absolute Gasteiger partial charge is 0.506 e. The first-order valence-corrected chi connectivity index (χ1v) is 6.17. The third-order valence-electron chi connectivity index (χ3n) is 3.17. The van der Waals surface area contributed by atoms with Gasteiger partial charge in [-0.3, -0.25) is 4.79 Å². The lowest BCUT2D eigenvalue weighted by Gasteiger charge is -2.09. The van der Waals surface area contributed by atoms with Gasteiger partial charge in [0.15, 0.2) is 5.56 Å². The molecule has 0 bridgehead atoms. The van der Waals surface area contributed by atoms with E-state index in [4.69, 9.17) is 5.11 Å². The van der Waals surface area contributed by atoms with Gasteiger partial charge in [-0.05, 0) is 24.6 Å². The van der Waals surface area contributed by atoms with Crippen LogP contribution in [0.3, 0.4) is 0 Å². The number of carbonyl (C=O) groups is 1. The smallest absolute Gasteiger partial charge is 0.375 e. The number of rotatable bonds is 3. The van der Waals surface area contributed by atoms with E-state index in [0.29, 0.717) is 10.9 Å². The molecule has 0 saturated carbocycles. The molecule has 0 fully saturated rings. The number of pyridine rings is 1. The maximum absolute atomic E-state index is 12.2. The van der Waals surface area contributed by atoms with Crippen LogP contribution < -0.4 is 10.6 Å². The van der Waals surface area contributed by atoms with Crippen LogP contribution in [0.4, 0.5) is 0 Å². The van der Waals surface area contributed by atoms with Crippen molar-refractivity contribution in [2.75, 3.05) is 6.54 Å². The van der Waals surface area contributed by atoms with Crippen LogP contribution in [-0.2, 0) is 11.8 Å². The summed E-state index contributed by atoms with van der Waals surface area (Å²) in [4.78, 5) is 24.9. The SMILES string of the molecule is Cc1ccc2c(O)c(C(O)=[NH+]CC(=O)O)c(=O)n(C)c2c1. The number of aromatic hydroxyl groups is 1. The number of aliphatic carboxylic acids is 1. The first kappa shape index (κ1) is 14.6. The predicted octanol–water partition coefficient (Wildman–Crippen LogP) is -0.978. The molecule has 110 valence electrons. The van der Waals surface area contributed by atoms with Crippen LogP contribution in [0.15, 0.2) is 23.0 Å². The Hall–Kier alpha value is -2.83. The Bertz CT molecular complexity index is 820. The van der Waals surface area contributed by atoms with Gasteiger partial charge in [-0.15, -0.1) is 0 Å². The molecular formula is C14H15N2O5+. The van der Waals surface area contributed by atoms with Gasteiger partial charge in [-0.2, -0.15) is 4.99 Å². The highest BCUT2D eigenvalue weighted by molar-refractivity contribution is 5.98. The summed E-state index contributed by atoms with van der Waals surface area (Å²) in [5.41, 5.74) is 0.463. The summed E-state index contributed by atoms with van der Waals surface area (Å²) in [5.74, 6) is -2.25. The van der Waals surface area contributed by atoms with Crippen molar-refractivity contribution in [3.8, 4) is 5.75 Å². The quantitative estimate of drug-likeness (QED) is 0.429. The summed E-state index contributed by atoms with van der Waals surface area (Å²) in [5, 5.41) is 29.0. The van der Waals surface area contributed by atoms with Gasteiger partial charge in [-0.25, -0.2) is 4.79 Å². The summed E-state index contributed by atoms with van der Waals surface area (Å²) in [6.45, 7) is 1.28. The molecule has 1 heterocycles. The third kappa shape index (κ3) is 2.58. The number of fused-ring (bicyclic) bond motifs is 1. The second-order valence-corrected chi connectivity index (χ2v) is 4.70. The van der Waals surface area contributed by atoms with Crippen molar-refractivity contribution in [3.63, 3.8) is 0 Å². The number of aliphatic hydroxyl groups excluding tert-OH is 1. The summed E-state index contributed by atoms with van der Waals surface area (Å²) < 4.78 is 1.29. The number of benzene rings is 1. The van der Waals surface area contributed by atoms with Gasteiger partial charge >= 0.3 is 11.9 Å². The van der Waals surface area contributed by atoms with Crippen molar-refractivity contribution in [3.05, 3.63) is 39.7 Å². The van der Waals surface area contributed by atoms with E-state index >= 15 is 0 Å². The molecule has 0 aliphatic carbocycles. The molecular weight excluding hydrogens is 276 g/mol. The number of nitrogens with one attached hydrogen (secondary N) is 1. The Labute approximate surface area is 119 Å². The van der Waals surface area contributed by atoms with Crippen molar-refractivity contribution in [2.45, 2.75) is 6.92 Å². The molecule has 0 spiro atoms. The fraction of sp³-hybridized carbons (Fsp3) is 0.214. The van der Waals surface area contributed by atoms with Gasteiger partial charge < -0.3 is 19.9 Å². The zero-order valence-electron chi connectivity index (χ0n) is 11.5. The van der Waals surface area contributed by atoms with Crippen molar-refractivity contribution in [1.29, 1.82) is 0 Å². The molecule has 7 heteroatoms. The number of carboxylic acids is 1. The molecule has 1 aromatic heterocycles. The van der Waals surface area contributed by atoms with Gasteiger partial charge in [0, 0.05) is 12.4 Å². The lowest BCUT2D eigenvalue weighted by atomic mass is 10.1. The zero-order valence-corrected chi connectivity index (χ0v) is 11.5. The number of hydrogen-bond acceptors (Lipinski definition) is 3. The first-order valence-electron chi connectivity index (χ1n) is 6.17. The van der Waals surface area contributed by atoms with E-state index in [0.717, 1.165) is 5.56 Å². The Balaban J connectivity index is 2.77. The molecule has 0 amide bonds. The Kier molecular flexibility index (Phi) is 3.66. The van der Waals surface area contributed by atoms with Gasteiger partial charge in [0.05, 0.1) is 5.52 Å². The highest BCUT2D eigenvalue weighted by atomic mass is 16.4. The van der Waals surface area contributed by atoms with E-state index in [1.807, 2.05) is 6.92 Å². The van der Waals surface area contributed by atoms with Crippen LogP contribution in [0.25, 0.3) is 10.9 Å². The van der Waals surface area contributed by atoms with Crippen LogP contribution >= 0.6 is 0 Å². The normalized spacial score (nSPS) is 11.8. The molecule has 2 aromatic rings. The van der Waals surface area contributed by atoms with Gasteiger partial charge in [0.25, 0.3) is 5.56 Å². The summed E-state index contributed by atoms with van der Waals surface area (Å²) in [6, 6.07) is 5.13. The minimum Gasteiger partial charge on any atom is -0.506 e. The molecule has 1 aromatic carbocycles. The average molecular weight is 291 g/mol. The van der Waals surface area contributed by atoms with E-state index in [2.05, 4.69) is 4.99 Å². The minimum absolute atomic E-state index is 0.352. The number of aromatic nitrogens is 1. The van der Waals surface area contributed by atoms with Crippen LogP contribution in [0.1, 0.15) is 11.1 Å². The lowest BCUT2D eigenvalue weighted by molar-refractivity contribution is -0.455. The second-order valence-electron chi connectivity index (χ2n) is 4.70. The molecule has 21 heavy (non-hydrogen) atoms. The Morgan fingerprint density at radius 2 is 2.00 bits per heavy atom. The van der Waals surface area contributed by atoms with E-state index in [1.165, 1.54) is 11.6 Å². The fourth-order valence-electron chi connectivity index (χ4n) is 2.09. The van der Waals surface area contributed by atoms with Crippen molar-refractivity contribution in [2.24, 2.45) is 7.05 Å². The fourth-order valence-corrected chi connectivity index (χ4v) is 2.09. The van der Waals surface area contributed by atoms with Crippen LogP contribution in [0.5, 0.6) is 5.75 Å². The van der Waals surface area contributed by atoms with Crippen molar-refractivity contribution >= 4 is 22.8 Å². The molecule has 2 rings (SSSR count). The van der Waals surface area contributed by atoms with E-state index in [-0.39, 0.29) is 11.3 Å². The zero-order chi connectivity index (χ0) is 15.7. The summed E-state index contributed by atoms with van der Waals surface area (Å²) >= 11 is 0. The maximum atomic E-state index is 12.2. The highest BCUT2D eigenvalue weighted by Crippen LogP contribution is 2.26. The van der Waals surface area contributed by atoms with Gasteiger partial charge in [-0.1, -0.05) is 6.07 Å². The molecule has 0 aliphatic rings. The molecule has 7 nitrogen and oxygen atoms in total. The van der Waals surface area contributed by atoms with Crippen LogP contribution in [-0.4, -0.2) is 38.3 Å². The Morgan fingerprint density at radius 1 is 1.33 bits per heavy atom. The first-order chi connectivity index (χ1) is 9.82. The second kappa shape index (κ2) is 5.28. The molecule has 0 saturated heterocycles. The highest BCUT2D eigenvalue weighted by Gasteiger charge is 2.23. The molecule has 0 radical (unpaired) electrons. The van der Waals surface area contributed by atoms with Gasteiger partial charge in [0.1, 0.15) is 5.75 Å². The number of aliphatic hydroxyl groups is 1. The molecule has 0 aliphatic heterocycles. The van der Waals surface area contributed by atoms with Gasteiger partial charge in [0.2, 0.25) is 6.54 Å². The number of hydrogen-bond donors (Lipinski definition) is 4. The predicted molar refractivity (Wildman–Crippen MR) is 75.8 cm³/mol. The molecule has 4 N–H and O–H groups in total. The maximum Gasteiger partial charge on any atom is 0.375 e. The Morgan fingerprint density at radius 3 is 2.62 bits per heavy atom. The topological polar surface area (TPSA) is 114 Å².